The average Bonchev–Trinajstić information content (AvgIpc) is 2.91. The van der Waals surface area contributed by atoms with Crippen LogP contribution in [0.15, 0.2) is 18.2 Å². The number of aromatic amines is 1. The van der Waals surface area contributed by atoms with Crippen molar-refractivity contribution in [3.05, 3.63) is 29.6 Å². The molecule has 1 aromatic carbocycles. The molecule has 0 spiro atoms. The van der Waals surface area contributed by atoms with Crippen molar-refractivity contribution in [3.63, 3.8) is 0 Å². The molecule has 1 aliphatic carbocycles. The fraction of sp³-hybridized carbons (Fsp3) is 0.429. The average molecular weight is 273 g/mol. The molecular weight excluding hydrogens is 254 g/mol. The minimum Gasteiger partial charge on any atom is -0.342 e. The fourth-order valence-corrected chi connectivity index (χ4v) is 2.90. The van der Waals surface area contributed by atoms with Crippen molar-refractivity contribution in [1.82, 2.24) is 15.4 Å². The van der Waals surface area contributed by atoms with E-state index in [0.717, 1.165) is 37.0 Å². The Morgan fingerprint density at radius 1 is 1.30 bits per heavy atom. The van der Waals surface area contributed by atoms with Crippen LogP contribution in [0.4, 0.5) is 0 Å². The molecule has 1 aromatic heterocycles. The lowest BCUT2D eigenvalue weighted by Gasteiger charge is -2.24. The smallest absolute Gasteiger partial charge is 0.267 e. The molecule has 1 aliphatic rings. The van der Waals surface area contributed by atoms with Crippen LogP contribution in [0.3, 0.4) is 0 Å². The van der Waals surface area contributed by atoms with E-state index in [0.29, 0.717) is 23.0 Å². The second kappa shape index (κ2) is 5.22. The molecule has 0 aliphatic heterocycles. The maximum Gasteiger partial charge on any atom is 0.267 e. The molecule has 0 saturated heterocycles. The van der Waals surface area contributed by atoms with E-state index in [1.165, 1.54) is 0 Å². The van der Waals surface area contributed by atoms with Crippen molar-refractivity contribution in [2.24, 2.45) is 11.6 Å². The molecule has 6 heteroatoms. The van der Waals surface area contributed by atoms with E-state index < -0.39 is 0 Å². The summed E-state index contributed by atoms with van der Waals surface area (Å²) < 4.78 is 0. The number of carbonyl (C=O) groups excluding carboxylic acids is 1. The number of nitrogens with two attached hydrogens (primary N) is 2. The van der Waals surface area contributed by atoms with Gasteiger partial charge in [0.15, 0.2) is 0 Å². The first-order valence-electron chi connectivity index (χ1n) is 6.94. The molecule has 1 heterocycles. The lowest BCUT2D eigenvalue weighted by molar-refractivity contribution is 0.0955. The number of nitrogens with one attached hydrogen (secondary N) is 2. The number of carbonyl (C=O) groups is 1. The van der Waals surface area contributed by atoms with Gasteiger partial charge in [0.2, 0.25) is 0 Å². The Morgan fingerprint density at radius 3 is 2.75 bits per heavy atom. The Kier molecular flexibility index (Phi) is 3.42. The third-order valence-corrected chi connectivity index (χ3v) is 4.07. The number of hydrazine groups is 1. The molecule has 6 N–H and O–H groups in total. The SMILES string of the molecule is NNC(=O)c1cccc2[nH]c(C3CCC(N)CC3)nc12. The minimum absolute atomic E-state index is 0.314. The topological polar surface area (TPSA) is 110 Å². The van der Waals surface area contributed by atoms with Crippen LogP contribution in [0.25, 0.3) is 11.0 Å². The minimum atomic E-state index is -0.320. The molecular formula is C14H19N5O. The van der Waals surface area contributed by atoms with Crippen molar-refractivity contribution in [2.45, 2.75) is 37.6 Å². The molecule has 106 valence electrons. The van der Waals surface area contributed by atoms with Gasteiger partial charge in [-0.3, -0.25) is 10.2 Å². The Bertz CT molecular complexity index is 628. The molecule has 0 atom stereocenters. The molecule has 6 nitrogen and oxygen atoms in total. The van der Waals surface area contributed by atoms with Gasteiger partial charge in [-0.05, 0) is 37.8 Å². The molecule has 1 saturated carbocycles. The zero-order valence-electron chi connectivity index (χ0n) is 11.2. The number of imidazole rings is 1. The van der Waals surface area contributed by atoms with Gasteiger partial charge in [-0.2, -0.15) is 0 Å². The van der Waals surface area contributed by atoms with Crippen LogP contribution >= 0.6 is 0 Å². The van der Waals surface area contributed by atoms with Crippen LogP contribution in [0, 0.1) is 0 Å². The number of para-hydroxylation sites is 1. The fourth-order valence-electron chi connectivity index (χ4n) is 2.90. The van der Waals surface area contributed by atoms with E-state index in [1.54, 1.807) is 6.07 Å². The molecule has 1 fully saturated rings. The van der Waals surface area contributed by atoms with Gasteiger partial charge in [-0.15, -0.1) is 0 Å². The second-order valence-corrected chi connectivity index (χ2v) is 5.41. The normalized spacial score (nSPS) is 22.9. The zero-order valence-corrected chi connectivity index (χ0v) is 11.2. The summed E-state index contributed by atoms with van der Waals surface area (Å²) in [7, 11) is 0. The maximum atomic E-state index is 11.7. The van der Waals surface area contributed by atoms with Gasteiger partial charge in [-0.25, -0.2) is 10.8 Å². The highest BCUT2D eigenvalue weighted by molar-refractivity contribution is 6.04. The number of hydrogen-bond donors (Lipinski definition) is 4. The highest BCUT2D eigenvalue weighted by Crippen LogP contribution is 2.32. The van der Waals surface area contributed by atoms with Gasteiger partial charge in [0.25, 0.3) is 5.91 Å². The summed E-state index contributed by atoms with van der Waals surface area (Å²) >= 11 is 0. The van der Waals surface area contributed by atoms with E-state index in [-0.39, 0.29) is 5.91 Å². The molecule has 0 radical (unpaired) electrons. The predicted octanol–water partition coefficient (Wildman–Crippen LogP) is 1.15. The summed E-state index contributed by atoms with van der Waals surface area (Å²) in [5.41, 5.74) is 10.1. The highest BCUT2D eigenvalue weighted by atomic mass is 16.2. The summed E-state index contributed by atoms with van der Waals surface area (Å²) in [6.45, 7) is 0. The third-order valence-electron chi connectivity index (χ3n) is 4.07. The molecule has 2 aromatic rings. The molecule has 1 amide bonds. The first-order valence-corrected chi connectivity index (χ1v) is 6.94. The molecule has 3 rings (SSSR count). The van der Waals surface area contributed by atoms with Crippen LogP contribution < -0.4 is 17.0 Å². The predicted molar refractivity (Wildman–Crippen MR) is 76.9 cm³/mol. The zero-order chi connectivity index (χ0) is 14.1. The van der Waals surface area contributed by atoms with Crippen LogP contribution in [0.5, 0.6) is 0 Å². The number of H-pyrrole nitrogens is 1. The standard InChI is InChI=1S/C14H19N5O/c15-9-6-4-8(5-7-9)13-17-11-3-1-2-10(12(11)18-13)14(20)19-16/h1-3,8-9H,4-7,15-16H2,(H,17,18)(H,19,20). The maximum absolute atomic E-state index is 11.7. The molecule has 0 unspecified atom stereocenters. The summed E-state index contributed by atoms with van der Waals surface area (Å²) in [6, 6.07) is 5.79. The van der Waals surface area contributed by atoms with Gasteiger partial charge in [0.05, 0.1) is 11.1 Å². The molecule has 0 bridgehead atoms. The van der Waals surface area contributed by atoms with Crippen LogP contribution in [0.1, 0.15) is 47.8 Å². The van der Waals surface area contributed by atoms with Crippen molar-refractivity contribution >= 4 is 16.9 Å². The van der Waals surface area contributed by atoms with Gasteiger partial charge in [0.1, 0.15) is 11.3 Å². The van der Waals surface area contributed by atoms with E-state index in [4.69, 9.17) is 11.6 Å². The van der Waals surface area contributed by atoms with Crippen molar-refractivity contribution in [1.29, 1.82) is 0 Å². The summed E-state index contributed by atoms with van der Waals surface area (Å²) in [5, 5.41) is 0. The van der Waals surface area contributed by atoms with E-state index >= 15 is 0 Å². The number of nitrogens with zero attached hydrogens (tertiary/aromatic N) is 1. The Hall–Kier alpha value is -1.92. The molecule has 20 heavy (non-hydrogen) atoms. The quantitative estimate of drug-likeness (QED) is 0.374. The van der Waals surface area contributed by atoms with E-state index in [2.05, 4.69) is 15.4 Å². The largest absolute Gasteiger partial charge is 0.342 e. The van der Waals surface area contributed by atoms with Crippen molar-refractivity contribution < 1.29 is 4.79 Å². The van der Waals surface area contributed by atoms with Gasteiger partial charge >= 0.3 is 0 Å². The monoisotopic (exact) mass is 273 g/mol. The Balaban J connectivity index is 1.96. The highest BCUT2D eigenvalue weighted by Gasteiger charge is 2.23. The van der Waals surface area contributed by atoms with Crippen molar-refractivity contribution in [3.8, 4) is 0 Å². The lowest BCUT2D eigenvalue weighted by atomic mass is 9.86. The summed E-state index contributed by atoms with van der Waals surface area (Å²) in [4.78, 5) is 19.7. The number of aromatic nitrogens is 2. The summed E-state index contributed by atoms with van der Waals surface area (Å²) in [5.74, 6) is 6.24. The van der Waals surface area contributed by atoms with Gasteiger partial charge < -0.3 is 10.7 Å². The van der Waals surface area contributed by atoms with Crippen molar-refractivity contribution in [2.75, 3.05) is 0 Å². The number of benzene rings is 1. The van der Waals surface area contributed by atoms with E-state index in [9.17, 15) is 4.79 Å². The lowest BCUT2D eigenvalue weighted by Crippen LogP contribution is -2.30. The van der Waals surface area contributed by atoms with Crippen LogP contribution in [-0.2, 0) is 0 Å². The van der Waals surface area contributed by atoms with Gasteiger partial charge in [0, 0.05) is 12.0 Å². The Morgan fingerprint density at radius 2 is 2.05 bits per heavy atom. The number of hydrogen-bond acceptors (Lipinski definition) is 4. The number of fused-ring (bicyclic) bond motifs is 1. The number of rotatable bonds is 2. The second-order valence-electron chi connectivity index (χ2n) is 5.41. The first-order chi connectivity index (χ1) is 9.69. The van der Waals surface area contributed by atoms with E-state index in [1.807, 2.05) is 12.1 Å². The van der Waals surface area contributed by atoms with Crippen LogP contribution in [0.2, 0.25) is 0 Å². The first kappa shape index (κ1) is 13.1. The van der Waals surface area contributed by atoms with Gasteiger partial charge in [-0.1, -0.05) is 6.07 Å². The Labute approximate surface area is 116 Å². The number of nitrogen functional groups attached to an aromatic ring is 1. The third kappa shape index (κ3) is 2.28. The summed E-state index contributed by atoms with van der Waals surface area (Å²) in [6.07, 6.45) is 4.13. The van der Waals surface area contributed by atoms with Crippen LogP contribution in [-0.4, -0.2) is 21.9 Å². The number of amides is 1.